The summed E-state index contributed by atoms with van der Waals surface area (Å²) in [5, 5.41) is 9.55. The number of carboxylic acid groups (broad SMARTS) is 1. The van der Waals surface area contributed by atoms with Crippen LogP contribution in [0.1, 0.15) is 39.6 Å². The molecule has 0 fully saturated rings. The number of fused-ring (bicyclic) bond motifs is 2. The maximum atomic E-state index is 12.7. The first-order chi connectivity index (χ1) is 10.9. The van der Waals surface area contributed by atoms with Crippen molar-refractivity contribution in [2.24, 2.45) is 0 Å². The molecule has 2 aromatic carbocycles. The highest BCUT2D eigenvalue weighted by Crippen LogP contribution is 2.25. The van der Waals surface area contributed by atoms with Crippen molar-refractivity contribution in [3.63, 3.8) is 0 Å². The van der Waals surface area contributed by atoms with Gasteiger partial charge in [0.15, 0.2) is 5.78 Å². The third-order valence-corrected chi connectivity index (χ3v) is 3.78. The van der Waals surface area contributed by atoms with Crippen LogP contribution in [0.5, 0.6) is 0 Å². The van der Waals surface area contributed by atoms with E-state index in [0.717, 1.165) is 5.56 Å². The van der Waals surface area contributed by atoms with Gasteiger partial charge in [-0.1, -0.05) is 6.92 Å². The zero-order valence-electron chi connectivity index (χ0n) is 12.7. The van der Waals surface area contributed by atoms with Crippen LogP contribution < -0.4 is 5.43 Å². The van der Waals surface area contributed by atoms with Crippen molar-refractivity contribution in [3.8, 4) is 0 Å². The van der Waals surface area contributed by atoms with E-state index in [1.54, 1.807) is 26.0 Å². The lowest BCUT2D eigenvalue weighted by atomic mass is 10.0. The van der Waals surface area contributed by atoms with Crippen LogP contribution in [0.25, 0.3) is 21.9 Å². The fourth-order valence-electron chi connectivity index (χ4n) is 2.63. The van der Waals surface area contributed by atoms with Crippen molar-refractivity contribution >= 4 is 33.7 Å². The topological polar surface area (TPSA) is 84.6 Å². The van der Waals surface area contributed by atoms with Crippen molar-refractivity contribution in [3.05, 3.63) is 57.2 Å². The molecule has 23 heavy (non-hydrogen) atoms. The second-order valence-corrected chi connectivity index (χ2v) is 5.41. The Hall–Kier alpha value is -2.95. The summed E-state index contributed by atoms with van der Waals surface area (Å²) in [6.07, 6.45) is 0.304. The number of aryl methyl sites for hydroxylation is 1. The molecular formula is C18H14O5. The molecule has 0 saturated heterocycles. The van der Waals surface area contributed by atoms with Gasteiger partial charge in [-0.2, -0.15) is 0 Å². The molecule has 116 valence electrons. The van der Waals surface area contributed by atoms with Crippen LogP contribution in [-0.4, -0.2) is 16.9 Å². The third-order valence-electron chi connectivity index (χ3n) is 3.78. The van der Waals surface area contributed by atoms with Crippen LogP contribution in [0.3, 0.4) is 0 Å². The molecule has 5 nitrogen and oxygen atoms in total. The van der Waals surface area contributed by atoms with Gasteiger partial charge in [0.05, 0.1) is 21.9 Å². The van der Waals surface area contributed by atoms with Gasteiger partial charge in [0.1, 0.15) is 11.2 Å². The lowest BCUT2D eigenvalue weighted by Crippen LogP contribution is -2.08. The van der Waals surface area contributed by atoms with Crippen LogP contribution in [-0.2, 0) is 0 Å². The van der Waals surface area contributed by atoms with Gasteiger partial charge in [0.25, 0.3) is 0 Å². The second kappa shape index (κ2) is 5.35. The SMILES string of the molecule is CCC(=O)c1cc(C)cc2c(=O)c3cc(C(=O)O)ccc3oc12. The van der Waals surface area contributed by atoms with Crippen molar-refractivity contribution in [2.75, 3.05) is 0 Å². The highest BCUT2D eigenvalue weighted by molar-refractivity contribution is 6.08. The minimum absolute atomic E-state index is 0.0154. The molecule has 0 unspecified atom stereocenters. The van der Waals surface area contributed by atoms with Gasteiger partial charge < -0.3 is 9.52 Å². The summed E-state index contributed by atoms with van der Waals surface area (Å²) in [5.74, 6) is -1.22. The molecule has 0 bridgehead atoms. The van der Waals surface area contributed by atoms with Crippen molar-refractivity contribution in [1.29, 1.82) is 0 Å². The first kappa shape index (κ1) is 15.0. The molecule has 1 heterocycles. The fraction of sp³-hybridized carbons (Fsp3) is 0.167. The quantitative estimate of drug-likeness (QED) is 0.590. The Labute approximate surface area is 131 Å². The van der Waals surface area contributed by atoms with E-state index < -0.39 is 5.97 Å². The summed E-state index contributed by atoms with van der Waals surface area (Å²) in [6.45, 7) is 3.54. The van der Waals surface area contributed by atoms with Crippen molar-refractivity contribution in [1.82, 2.24) is 0 Å². The summed E-state index contributed by atoms with van der Waals surface area (Å²) in [5.41, 5.74) is 1.35. The smallest absolute Gasteiger partial charge is 0.335 e. The number of hydrogen-bond acceptors (Lipinski definition) is 4. The Bertz CT molecular complexity index is 1030. The first-order valence-corrected chi connectivity index (χ1v) is 7.20. The van der Waals surface area contributed by atoms with Gasteiger partial charge in [-0.15, -0.1) is 0 Å². The highest BCUT2D eigenvalue weighted by atomic mass is 16.4. The minimum atomic E-state index is -1.11. The summed E-state index contributed by atoms with van der Waals surface area (Å²) in [4.78, 5) is 35.9. The first-order valence-electron chi connectivity index (χ1n) is 7.20. The summed E-state index contributed by atoms with van der Waals surface area (Å²) >= 11 is 0. The predicted molar refractivity (Wildman–Crippen MR) is 86.3 cm³/mol. The lowest BCUT2D eigenvalue weighted by Gasteiger charge is -2.07. The Kier molecular flexibility index (Phi) is 3.48. The molecule has 3 rings (SSSR count). The van der Waals surface area contributed by atoms with E-state index in [9.17, 15) is 14.4 Å². The van der Waals surface area contributed by atoms with Gasteiger partial charge >= 0.3 is 5.97 Å². The Morgan fingerprint density at radius 2 is 1.87 bits per heavy atom. The second-order valence-electron chi connectivity index (χ2n) is 5.41. The van der Waals surface area contributed by atoms with Gasteiger partial charge in [-0.3, -0.25) is 9.59 Å². The third kappa shape index (κ3) is 2.40. The van der Waals surface area contributed by atoms with Gasteiger partial charge in [-0.25, -0.2) is 4.79 Å². The molecular weight excluding hydrogens is 296 g/mol. The summed E-state index contributed by atoms with van der Waals surface area (Å²) in [7, 11) is 0. The molecule has 0 aliphatic carbocycles. The molecule has 0 radical (unpaired) electrons. The summed E-state index contributed by atoms with van der Waals surface area (Å²) in [6, 6.07) is 7.47. The van der Waals surface area contributed by atoms with Gasteiger partial charge in [-0.05, 0) is 42.8 Å². The van der Waals surface area contributed by atoms with Gasteiger partial charge in [0, 0.05) is 6.42 Å². The molecule has 0 amide bonds. The van der Waals surface area contributed by atoms with Crippen LogP contribution in [0.15, 0.2) is 39.5 Å². The average Bonchev–Trinajstić information content (AvgIpc) is 2.54. The Morgan fingerprint density at radius 3 is 2.52 bits per heavy atom. The van der Waals surface area contributed by atoms with Crippen LogP contribution >= 0.6 is 0 Å². The zero-order valence-corrected chi connectivity index (χ0v) is 12.7. The van der Waals surface area contributed by atoms with E-state index >= 15 is 0 Å². The maximum absolute atomic E-state index is 12.7. The highest BCUT2D eigenvalue weighted by Gasteiger charge is 2.17. The molecule has 0 saturated carbocycles. The molecule has 0 atom stereocenters. The molecule has 0 aliphatic heterocycles. The molecule has 1 N–H and O–H groups in total. The van der Waals surface area contributed by atoms with E-state index in [2.05, 4.69) is 0 Å². The minimum Gasteiger partial charge on any atom is -0.478 e. The monoisotopic (exact) mass is 310 g/mol. The van der Waals surface area contributed by atoms with Crippen LogP contribution in [0.2, 0.25) is 0 Å². The van der Waals surface area contributed by atoms with Crippen LogP contribution in [0, 0.1) is 6.92 Å². The number of aromatic carboxylic acids is 1. The maximum Gasteiger partial charge on any atom is 0.335 e. The molecule has 0 spiro atoms. The van der Waals surface area contributed by atoms with Gasteiger partial charge in [0.2, 0.25) is 5.43 Å². The Balaban J connectivity index is 2.47. The normalized spacial score (nSPS) is 11.0. The zero-order chi connectivity index (χ0) is 16.7. The van der Waals surface area contributed by atoms with Crippen molar-refractivity contribution < 1.29 is 19.1 Å². The number of carbonyl (C=O) groups excluding carboxylic acids is 1. The van der Waals surface area contributed by atoms with E-state index in [1.165, 1.54) is 18.2 Å². The molecule has 0 aliphatic rings. The van der Waals surface area contributed by atoms with E-state index in [1.807, 2.05) is 0 Å². The number of ketones is 1. The lowest BCUT2D eigenvalue weighted by molar-refractivity contribution is 0.0697. The molecule has 3 aromatic rings. The number of carbonyl (C=O) groups is 2. The van der Waals surface area contributed by atoms with Crippen molar-refractivity contribution in [2.45, 2.75) is 20.3 Å². The number of hydrogen-bond donors (Lipinski definition) is 1. The fourth-order valence-corrected chi connectivity index (χ4v) is 2.63. The number of rotatable bonds is 3. The molecule has 1 aromatic heterocycles. The standard InChI is InChI=1S/C18H14O5/c1-3-14(19)11-6-9(2)7-13-16(20)12-8-10(18(21)22)4-5-15(12)23-17(11)13/h4-8H,3H2,1-2H3,(H,21,22). The largest absolute Gasteiger partial charge is 0.478 e. The number of carboxylic acids is 1. The number of Topliss-reactive ketones (excluding diaryl/α,β-unsaturated/α-hetero) is 1. The predicted octanol–water partition coefficient (Wildman–Crippen LogP) is 3.55. The Morgan fingerprint density at radius 1 is 1.13 bits per heavy atom. The van der Waals surface area contributed by atoms with E-state index in [4.69, 9.17) is 9.52 Å². The van der Waals surface area contributed by atoms with E-state index in [0.29, 0.717) is 12.0 Å². The molecule has 5 heteroatoms. The van der Waals surface area contributed by atoms with E-state index in [-0.39, 0.29) is 38.7 Å². The summed E-state index contributed by atoms with van der Waals surface area (Å²) < 4.78 is 5.76. The van der Waals surface area contributed by atoms with Crippen LogP contribution in [0.4, 0.5) is 0 Å². The number of benzene rings is 2. The average molecular weight is 310 g/mol.